The number of hydrogen-bond acceptors (Lipinski definition) is 4. The van der Waals surface area contributed by atoms with Gasteiger partial charge in [0.2, 0.25) is 0 Å². The Labute approximate surface area is 161 Å². The summed E-state index contributed by atoms with van der Waals surface area (Å²) in [4.78, 5) is 17.2. The molecule has 2 aromatic rings. The second kappa shape index (κ2) is 8.44. The molecule has 1 aliphatic heterocycles. The molecule has 0 bridgehead atoms. The summed E-state index contributed by atoms with van der Waals surface area (Å²) in [7, 11) is 2.16. The third-order valence-corrected chi connectivity index (χ3v) is 5.01. The van der Waals surface area contributed by atoms with E-state index in [0.717, 1.165) is 37.4 Å². The van der Waals surface area contributed by atoms with Crippen LogP contribution < -0.4 is 15.0 Å². The third-order valence-electron chi connectivity index (χ3n) is 5.01. The average molecular weight is 367 g/mol. The summed E-state index contributed by atoms with van der Waals surface area (Å²) in [5.41, 5.74) is 4.37. The molecule has 1 amide bonds. The fourth-order valence-electron chi connectivity index (χ4n) is 3.25. The van der Waals surface area contributed by atoms with Crippen molar-refractivity contribution in [1.82, 2.24) is 4.90 Å². The van der Waals surface area contributed by atoms with E-state index < -0.39 is 6.10 Å². The fraction of sp³-hybridized carbons (Fsp3) is 0.409. The summed E-state index contributed by atoms with van der Waals surface area (Å²) in [6.07, 6.45) is -0.565. The number of anilines is 2. The van der Waals surface area contributed by atoms with E-state index in [1.807, 2.05) is 43.3 Å². The lowest BCUT2D eigenvalue weighted by Gasteiger charge is -2.35. The van der Waals surface area contributed by atoms with Gasteiger partial charge in [0.05, 0.1) is 0 Å². The normalized spacial score (nSPS) is 16.1. The molecule has 27 heavy (non-hydrogen) atoms. The molecule has 1 heterocycles. The number of piperazine rings is 1. The number of carbonyl (C=O) groups is 1. The van der Waals surface area contributed by atoms with Crippen molar-refractivity contribution in [3.05, 3.63) is 53.6 Å². The Morgan fingerprint density at radius 3 is 2.33 bits per heavy atom. The van der Waals surface area contributed by atoms with Gasteiger partial charge in [-0.3, -0.25) is 4.79 Å². The van der Waals surface area contributed by atoms with Crippen LogP contribution in [0.25, 0.3) is 0 Å². The Hall–Kier alpha value is -2.53. The molecule has 1 saturated heterocycles. The Bertz CT molecular complexity index is 781. The van der Waals surface area contributed by atoms with Gasteiger partial charge in [-0.1, -0.05) is 17.7 Å². The highest BCUT2D eigenvalue weighted by atomic mass is 16.5. The number of rotatable bonds is 5. The maximum atomic E-state index is 12.5. The van der Waals surface area contributed by atoms with Crippen LogP contribution in [0.15, 0.2) is 42.5 Å². The molecule has 144 valence electrons. The minimum atomic E-state index is -0.565. The van der Waals surface area contributed by atoms with Crippen LogP contribution in [0.3, 0.4) is 0 Å². The van der Waals surface area contributed by atoms with Gasteiger partial charge in [-0.15, -0.1) is 0 Å². The highest BCUT2D eigenvalue weighted by Crippen LogP contribution is 2.25. The number of nitrogens with one attached hydrogen (secondary N) is 1. The number of hydrogen-bond donors (Lipinski definition) is 1. The molecule has 1 N–H and O–H groups in total. The minimum Gasteiger partial charge on any atom is -0.481 e. The quantitative estimate of drug-likeness (QED) is 0.879. The van der Waals surface area contributed by atoms with Crippen molar-refractivity contribution < 1.29 is 9.53 Å². The summed E-state index contributed by atoms with van der Waals surface area (Å²) in [6, 6.07) is 13.8. The van der Waals surface area contributed by atoms with Crippen LogP contribution in [0.5, 0.6) is 5.75 Å². The summed E-state index contributed by atoms with van der Waals surface area (Å²) in [5.74, 6) is 0.548. The molecule has 1 fully saturated rings. The number of carbonyl (C=O) groups excluding carboxylic acids is 1. The van der Waals surface area contributed by atoms with Crippen molar-refractivity contribution in [1.29, 1.82) is 0 Å². The van der Waals surface area contributed by atoms with E-state index in [1.165, 1.54) is 11.3 Å². The van der Waals surface area contributed by atoms with Crippen molar-refractivity contribution in [3.63, 3.8) is 0 Å². The van der Waals surface area contributed by atoms with Gasteiger partial charge in [-0.2, -0.15) is 0 Å². The predicted molar refractivity (Wildman–Crippen MR) is 111 cm³/mol. The first-order chi connectivity index (χ1) is 12.9. The molecule has 1 atom stereocenters. The number of benzene rings is 2. The molecule has 0 aromatic heterocycles. The lowest BCUT2D eigenvalue weighted by atomic mass is 10.1. The van der Waals surface area contributed by atoms with E-state index in [-0.39, 0.29) is 5.91 Å². The smallest absolute Gasteiger partial charge is 0.265 e. The van der Waals surface area contributed by atoms with Crippen LogP contribution >= 0.6 is 0 Å². The zero-order valence-corrected chi connectivity index (χ0v) is 16.7. The Morgan fingerprint density at radius 2 is 1.70 bits per heavy atom. The van der Waals surface area contributed by atoms with E-state index in [2.05, 4.69) is 35.2 Å². The van der Waals surface area contributed by atoms with E-state index >= 15 is 0 Å². The molecule has 1 aliphatic rings. The monoisotopic (exact) mass is 367 g/mol. The number of aryl methyl sites for hydroxylation is 2. The third kappa shape index (κ3) is 5.01. The molecule has 0 saturated carbocycles. The van der Waals surface area contributed by atoms with Crippen molar-refractivity contribution in [3.8, 4) is 5.75 Å². The van der Waals surface area contributed by atoms with Gasteiger partial charge < -0.3 is 19.9 Å². The average Bonchev–Trinajstić information content (AvgIpc) is 2.64. The zero-order valence-electron chi connectivity index (χ0n) is 16.7. The first kappa shape index (κ1) is 19.2. The zero-order chi connectivity index (χ0) is 19.4. The van der Waals surface area contributed by atoms with Gasteiger partial charge in [0.15, 0.2) is 6.10 Å². The Morgan fingerprint density at radius 1 is 1.04 bits per heavy atom. The summed E-state index contributed by atoms with van der Waals surface area (Å²) >= 11 is 0. The van der Waals surface area contributed by atoms with Crippen LogP contribution in [0.4, 0.5) is 11.4 Å². The molecule has 2 aromatic carbocycles. The van der Waals surface area contributed by atoms with Gasteiger partial charge in [0.25, 0.3) is 5.91 Å². The van der Waals surface area contributed by atoms with Crippen LogP contribution in [-0.4, -0.2) is 50.1 Å². The van der Waals surface area contributed by atoms with E-state index in [0.29, 0.717) is 5.75 Å². The molecule has 5 heteroatoms. The second-order valence-electron chi connectivity index (χ2n) is 7.35. The summed E-state index contributed by atoms with van der Waals surface area (Å²) in [6.45, 7) is 10.1. The maximum absolute atomic E-state index is 12.5. The lowest BCUT2D eigenvalue weighted by Crippen LogP contribution is -2.44. The second-order valence-corrected chi connectivity index (χ2v) is 7.35. The SMILES string of the molecule is Cc1ccc(OC(C)C(=O)Nc2ccc(N3CCN(C)CC3)c(C)c2)cc1. The molecular formula is C22H29N3O2. The van der Waals surface area contributed by atoms with Gasteiger partial charge in [0, 0.05) is 37.6 Å². The Kier molecular flexibility index (Phi) is 6.01. The topological polar surface area (TPSA) is 44.8 Å². The van der Waals surface area contributed by atoms with Gasteiger partial charge in [-0.25, -0.2) is 0 Å². The number of ether oxygens (including phenoxy) is 1. The maximum Gasteiger partial charge on any atom is 0.265 e. The highest BCUT2D eigenvalue weighted by Gasteiger charge is 2.18. The summed E-state index contributed by atoms with van der Waals surface area (Å²) in [5, 5.41) is 2.96. The number of nitrogens with zero attached hydrogens (tertiary/aromatic N) is 2. The van der Waals surface area contributed by atoms with Crippen LogP contribution in [0.1, 0.15) is 18.1 Å². The Balaban J connectivity index is 1.60. The molecule has 1 unspecified atom stereocenters. The molecule has 0 aliphatic carbocycles. The molecule has 0 radical (unpaired) electrons. The largest absolute Gasteiger partial charge is 0.481 e. The van der Waals surface area contributed by atoms with Gasteiger partial charge >= 0.3 is 0 Å². The number of amides is 1. The predicted octanol–water partition coefficient (Wildman–Crippen LogP) is 3.46. The van der Waals surface area contributed by atoms with E-state index in [1.54, 1.807) is 6.92 Å². The lowest BCUT2D eigenvalue weighted by molar-refractivity contribution is -0.122. The fourth-order valence-corrected chi connectivity index (χ4v) is 3.25. The van der Waals surface area contributed by atoms with Crippen molar-refractivity contribution in [2.75, 3.05) is 43.4 Å². The van der Waals surface area contributed by atoms with Crippen LogP contribution in [0.2, 0.25) is 0 Å². The van der Waals surface area contributed by atoms with E-state index in [4.69, 9.17) is 4.74 Å². The van der Waals surface area contributed by atoms with Gasteiger partial charge in [-0.05, 0) is 63.7 Å². The minimum absolute atomic E-state index is 0.151. The standard InChI is InChI=1S/C22H29N3O2/c1-16-5-8-20(9-6-16)27-18(3)22(26)23-19-7-10-21(17(2)15-19)25-13-11-24(4)12-14-25/h5-10,15,18H,11-14H2,1-4H3,(H,23,26). The molecule has 3 rings (SSSR count). The van der Waals surface area contributed by atoms with Crippen molar-refractivity contribution in [2.24, 2.45) is 0 Å². The van der Waals surface area contributed by atoms with E-state index in [9.17, 15) is 4.79 Å². The molecule has 5 nitrogen and oxygen atoms in total. The van der Waals surface area contributed by atoms with Crippen molar-refractivity contribution in [2.45, 2.75) is 26.9 Å². The number of likely N-dealkylation sites (N-methyl/N-ethyl adjacent to an activating group) is 1. The first-order valence-electron chi connectivity index (χ1n) is 9.51. The molecular weight excluding hydrogens is 338 g/mol. The van der Waals surface area contributed by atoms with Crippen molar-refractivity contribution >= 4 is 17.3 Å². The molecule has 0 spiro atoms. The first-order valence-corrected chi connectivity index (χ1v) is 9.51. The van der Waals surface area contributed by atoms with Crippen LogP contribution in [0, 0.1) is 13.8 Å². The summed E-state index contributed by atoms with van der Waals surface area (Å²) < 4.78 is 5.74. The van der Waals surface area contributed by atoms with Crippen LogP contribution in [-0.2, 0) is 4.79 Å². The van der Waals surface area contributed by atoms with Gasteiger partial charge in [0.1, 0.15) is 5.75 Å². The highest BCUT2D eigenvalue weighted by molar-refractivity contribution is 5.94.